The number of carbonyl (C=O) groups excluding carboxylic acids is 1. The molecule has 0 heterocycles. The maximum Gasteiger partial charge on any atom is 0.244 e. The van der Waals surface area contributed by atoms with Crippen molar-refractivity contribution in [2.24, 2.45) is 0 Å². The van der Waals surface area contributed by atoms with Crippen molar-refractivity contribution in [1.82, 2.24) is 4.90 Å². The van der Waals surface area contributed by atoms with E-state index < -0.39 is 16.1 Å². The number of hydrogen-bond donors (Lipinski definition) is 2. The fourth-order valence-electron chi connectivity index (χ4n) is 2.65. The molecule has 0 aliphatic carbocycles. The van der Waals surface area contributed by atoms with Crippen molar-refractivity contribution in [3.8, 4) is 0 Å². The molecular formula is C19H24FN3O3S. The van der Waals surface area contributed by atoms with Gasteiger partial charge in [-0.25, -0.2) is 12.8 Å². The van der Waals surface area contributed by atoms with Crippen LogP contribution in [0.4, 0.5) is 15.8 Å². The van der Waals surface area contributed by atoms with Crippen LogP contribution in [0.25, 0.3) is 0 Å². The molecule has 2 rings (SSSR count). The fraction of sp³-hybridized carbons (Fsp3) is 0.316. The lowest BCUT2D eigenvalue weighted by atomic mass is 10.1. The second-order valence-corrected chi connectivity index (χ2v) is 8.34. The number of carbonyl (C=O) groups is 1. The number of benzene rings is 2. The normalized spacial score (nSPS) is 12.3. The first-order valence-corrected chi connectivity index (χ1v) is 10.3. The molecule has 0 spiro atoms. The third kappa shape index (κ3) is 6.25. The second kappa shape index (κ2) is 8.39. The highest BCUT2D eigenvalue weighted by Gasteiger charge is 2.18. The molecule has 2 aromatic carbocycles. The van der Waals surface area contributed by atoms with Gasteiger partial charge in [0.05, 0.1) is 11.9 Å². The zero-order chi connectivity index (χ0) is 20.2. The van der Waals surface area contributed by atoms with E-state index in [0.717, 1.165) is 11.8 Å². The molecule has 1 atom stereocenters. The predicted molar refractivity (Wildman–Crippen MR) is 106 cm³/mol. The third-order valence-corrected chi connectivity index (χ3v) is 4.56. The Balaban J connectivity index is 2.06. The van der Waals surface area contributed by atoms with Crippen LogP contribution in [0.15, 0.2) is 42.5 Å². The number of amides is 1. The topological polar surface area (TPSA) is 78.5 Å². The van der Waals surface area contributed by atoms with E-state index >= 15 is 0 Å². The van der Waals surface area contributed by atoms with Gasteiger partial charge in [0.15, 0.2) is 0 Å². The van der Waals surface area contributed by atoms with Gasteiger partial charge in [-0.1, -0.05) is 18.2 Å². The summed E-state index contributed by atoms with van der Waals surface area (Å²) >= 11 is 0. The van der Waals surface area contributed by atoms with Crippen LogP contribution in [-0.2, 0) is 21.4 Å². The fourth-order valence-corrected chi connectivity index (χ4v) is 3.27. The Hall–Kier alpha value is -2.61. The Morgan fingerprint density at radius 3 is 2.56 bits per heavy atom. The molecule has 0 fully saturated rings. The summed E-state index contributed by atoms with van der Waals surface area (Å²) in [4.78, 5) is 14.1. The number of nitrogens with one attached hydrogen (secondary N) is 2. The average Bonchev–Trinajstić information content (AvgIpc) is 2.55. The standard InChI is InChI=1S/C19H24FN3O3S/c1-13-8-9-17(11-18(13)22-27(4,25)26)21-14(2)19(24)23(3)12-15-6-5-7-16(20)10-15/h5-11,14,21-22H,12H2,1-4H3. The molecule has 0 aromatic heterocycles. The number of likely N-dealkylation sites (N-methyl/N-ethyl adjacent to an activating group) is 1. The average molecular weight is 393 g/mol. The summed E-state index contributed by atoms with van der Waals surface area (Å²) in [5.41, 5.74) is 2.54. The van der Waals surface area contributed by atoms with Crippen LogP contribution in [0.5, 0.6) is 0 Å². The smallest absolute Gasteiger partial charge is 0.244 e. The molecule has 27 heavy (non-hydrogen) atoms. The summed E-state index contributed by atoms with van der Waals surface area (Å²) in [7, 11) is -1.75. The van der Waals surface area contributed by atoms with Crippen LogP contribution in [0, 0.1) is 12.7 Å². The molecule has 146 valence electrons. The van der Waals surface area contributed by atoms with E-state index in [-0.39, 0.29) is 18.3 Å². The maximum atomic E-state index is 13.3. The van der Waals surface area contributed by atoms with Crippen LogP contribution < -0.4 is 10.0 Å². The predicted octanol–water partition coefficient (Wildman–Crippen LogP) is 2.96. The molecule has 2 N–H and O–H groups in total. The van der Waals surface area contributed by atoms with E-state index in [4.69, 9.17) is 0 Å². The monoisotopic (exact) mass is 393 g/mol. The highest BCUT2D eigenvalue weighted by molar-refractivity contribution is 7.92. The van der Waals surface area contributed by atoms with Crippen LogP contribution in [0.3, 0.4) is 0 Å². The summed E-state index contributed by atoms with van der Waals surface area (Å²) in [5, 5.41) is 3.07. The minimum absolute atomic E-state index is 0.169. The Labute approximate surface area is 159 Å². The van der Waals surface area contributed by atoms with Gasteiger partial charge in [0, 0.05) is 19.3 Å². The van der Waals surface area contributed by atoms with Gasteiger partial charge in [-0.05, 0) is 49.2 Å². The third-order valence-electron chi connectivity index (χ3n) is 3.97. The molecule has 0 saturated heterocycles. The quantitative estimate of drug-likeness (QED) is 0.758. The Morgan fingerprint density at radius 1 is 1.22 bits per heavy atom. The van der Waals surface area contributed by atoms with Crippen molar-refractivity contribution in [2.45, 2.75) is 26.4 Å². The van der Waals surface area contributed by atoms with Crippen molar-refractivity contribution in [3.05, 3.63) is 59.4 Å². The van der Waals surface area contributed by atoms with Gasteiger partial charge in [0.2, 0.25) is 15.9 Å². The molecule has 0 radical (unpaired) electrons. The van der Waals surface area contributed by atoms with Gasteiger partial charge in [-0.3, -0.25) is 9.52 Å². The van der Waals surface area contributed by atoms with Gasteiger partial charge >= 0.3 is 0 Å². The van der Waals surface area contributed by atoms with E-state index in [1.54, 1.807) is 51.2 Å². The highest BCUT2D eigenvalue weighted by Crippen LogP contribution is 2.22. The number of rotatable bonds is 7. The largest absolute Gasteiger partial charge is 0.374 e. The molecule has 0 aliphatic rings. The number of halogens is 1. The molecule has 0 saturated carbocycles. The van der Waals surface area contributed by atoms with Gasteiger partial charge in [0.1, 0.15) is 11.9 Å². The van der Waals surface area contributed by atoms with Crippen molar-refractivity contribution < 1.29 is 17.6 Å². The summed E-state index contributed by atoms with van der Waals surface area (Å²) in [6, 6.07) is 10.8. The van der Waals surface area contributed by atoms with Crippen LogP contribution in [-0.4, -0.2) is 38.6 Å². The number of sulfonamides is 1. The molecule has 0 bridgehead atoms. The van der Waals surface area contributed by atoms with Crippen molar-refractivity contribution in [2.75, 3.05) is 23.3 Å². The van der Waals surface area contributed by atoms with E-state index in [1.807, 2.05) is 0 Å². The lowest BCUT2D eigenvalue weighted by Gasteiger charge is -2.23. The first kappa shape index (κ1) is 20.7. The molecular weight excluding hydrogens is 369 g/mol. The van der Waals surface area contributed by atoms with Crippen LogP contribution in [0.2, 0.25) is 0 Å². The van der Waals surface area contributed by atoms with E-state index in [2.05, 4.69) is 10.0 Å². The minimum atomic E-state index is -3.40. The maximum absolute atomic E-state index is 13.3. The number of aryl methyl sites for hydroxylation is 1. The van der Waals surface area contributed by atoms with Crippen molar-refractivity contribution >= 4 is 27.3 Å². The van der Waals surface area contributed by atoms with Gasteiger partial charge in [0.25, 0.3) is 0 Å². The zero-order valence-electron chi connectivity index (χ0n) is 15.8. The van der Waals surface area contributed by atoms with Crippen molar-refractivity contribution in [1.29, 1.82) is 0 Å². The summed E-state index contributed by atoms with van der Waals surface area (Å²) in [6.45, 7) is 3.80. The van der Waals surface area contributed by atoms with Crippen LogP contribution >= 0.6 is 0 Å². The molecule has 8 heteroatoms. The lowest BCUT2D eigenvalue weighted by molar-refractivity contribution is -0.130. The number of hydrogen-bond acceptors (Lipinski definition) is 4. The molecule has 1 amide bonds. The molecule has 2 aromatic rings. The van der Waals surface area contributed by atoms with Gasteiger partial charge in [-0.15, -0.1) is 0 Å². The molecule has 0 aliphatic heterocycles. The van der Waals surface area contributed by atoms with E-state index in [9.17, 15) is 17.6 Å². The Bertz CT molecular complexity index is 932. The van der Waals surface area contributed by atoms with Gasteiger partial charge in [-0.2, -0.15) is 0 Å². The Kier molecular flexibility index (Phi) is 6.43. The summed E-state index contributed by atoms with van der Waals surface area (Å²) < 4.78 is 38.7. The number of nitrogens with zero attached hydrogens (tertiary/aromatic N) is 1. The SMILES string of the molecule is Cc1ccc(NC(C)C(=O)N(C)Cc2cccc(F)c2)cc1NS(C)(=O)=O. The molecule has 6 nitrogen and oxygen atoms in total. The first-order valence-electron chi connectivity index (χ1n) is 8.39. The van der Waals surface area contributed by atoms with Gasteiger partial charge < -0.3 is 10.2 Å². The second-order valence-electron chi connectivity index (χ2n) is 6.59. The molecule has 1 unspecified atom stereocenters. The summed E-state index contributed by atoms with van der Waals surface area (Å²) in [6.07, 6.45) is 1.08. The zero-order valence-corrected chi connectivity index (χ0v) is 16.6. The highest BCUT2D eigenvalue weighted by atomic mass is 32.2. The first-order chi connectivity index (χ1) is 12.5. The minimum Gasteiger partial charge on any atom is -0.374 e. The lowest BCUT2D eigenvalue weighted by Crippen LogP contribution is -2.38. The Morgan fingerprint density at radius 2 is 1.93 bits per heavy atom. The number of anilines is 2. The van der Waals surface area contributed by atoms with Crippen molar-refractivity contribution in [3.63, 3.8) is 0 Å². The van der Waals surface area contributed by atoms with E-state index in [1.165, 1.54) is 17.0 Å². The summed E-state index contributed by atoms with van der Waals surface area (Å²) in [5.74, 6) is -0.512. The van der Waals surface area contributed by atoms with Crippen LogP contribution in [0.1, 0.15) is 18.1 Å². The van der Waals surface area contributed by atoms with E-state index in [0.29, 0.717) is 16.9 Å².